The van der Waals surface area contributed by atoms with Crippen molar-refractivity contribution >= 4 is 0 Å². The van der Waals surface area contributed by atoms with E-state index in [1.54, 1.807) is 7.11 Å². The molecule has 0 aromatic carbocycles. The zero-order valence-electron chi connectivity index (χ0n) is 8.36. The number of aliphatic hydroxyl groups excluding tert-OH is 1. The minimum Gasteiger partial charge on any atom is -0.481 e. The first-order valence-electron chi connectivity index (χ1n) is 4.89. The van der Waals surface area contributed by atoms with Crippen LogP contribution in [-0.2, 0) is 6.42 Å². The van der Waals surface area contributed by atoms with Crippen LogP contribution in [0.2, 0.25) is 0 Å². The van der Waals surface area contributed by atoms with E-state index < -0.39 is 0 Å². The number of methoxy groups -OCH3 is 1. The van der Waals surface area contributed by atoms with Gasteiger partial charge in [-0.1, -0.05) is 6.07 Å². The van der Waals surface area contributed by atoms with Crippen molar-refractivity contribution in [1.82, 2.24) is 4.98 Å². The zero-order chi connectivity index (χ0) is 10.0. The zero-order valence-corrected chi connectivity index (χ0v) is 8.36. The quantitative estimate of drug-likeness (QED) is 0.786. The highest BCUT2D eigenvalue weighted by Crippen LogP contribution is 2.47. The Balaban J connectivity index is 2.09. The van der Waals surface area contributed by atoms with Gasteiger partial charge in [0.05, 0.1) is 7.11 Å². The van der Waals surface area contributed by atoms with Crippen molar-refractivity contribution in [2.24, 2.45) is 5.41 Å². The van der Waals surface area contributed by atoms with E-state index in [1.165, 1.54) is 0 Å². The molecule has 1 heterocycles. The molecule has 0 spiro atoms. The van der Waals surface area contributed by atoms with Gasteiger partial charge in [-0.2, -0.15) is 0 Å². The highest BCUT2D eigenvalue weighted by Gasteiger charge is 2.42. The van der Waals surface area contributed by atoms with Crippen molar-refractivity contribution in [3.05, 3.63) is 23.9 Å². The Bertz CT molecular complexity index is 321. The van der Waals surface area contributed by atoms with E-state index in [2.05, 4.69) is 4.98 Å². The van der Waals surface area contributed by atoms with Gasteiger partial charge >= 0.3 is 0 Å². The molecule has 1 aromatic heterocycles. The standard InChI is InChI=1S/C11H15NO2/c1-14-10-4-2-3-9(12-10)7-11(8-13)5-6-11/h2-4,13H,5-8H2,1H3. The highest BCUT2D eigenvalue weighted by molar-refractivity contribution is 5.18. The first kappa shape index (κ1) is 9.46. The van der Waals surface area contributed by atoms with Crippen molar-refractivity contribution in [2.75, 3.05) is 13.7 Å². The molecule has 0 atom stereocenters. The maximum atomic E-state index is 9.19. The van der Waals surface area contributed by atoms with Gasteiger partial charge in [0.2, 0.25) is 5.88 Å². The first-order chi connectivity index (χ1) is 6.78. The van der Waals surface area contributed by atoms with Crippen LogP contribution in [0, 0.1) is 5.41 Å². The molecule has 1 N–H and O–H groups in total. The van der Waals surface area contributed by atoms with Crippen molar-refractivity contribution in [2.45, 2.75) is 19.3 Å². The molecule has 3 nitrogen and oxygen atoms in total. The Morgan fingerprint density at radius 2 is 2.29 bits per heavy atom. The largest absolute Gasteiger partial charge is 0.481 e. The summed E-state index contributed by atoms with van der Waals surface area (Å²) in [6.07, 6.45) is 3.09. The Morgan fingerprint density at radius 3 is 2.86 bits per heavy atom. The molecule has 0 amide bonds. The molecule has 1 aliphatic carbocycles. The molecule has 0 bridgehead atoms. The number of rotatable bonds is 4. The van der Waals surface area contributed by atoms with Crippen LogP contribution in [0.1, 0.15) is 18.5 Å². The van der Waals surface area contributed by atoms with Crippen LogP contribution in [0.3, 0.4) is 0 Å². The lowest BCUT2D eigenvalue weighted by molar-refractivity contribution is 0.210. The Labute approximate surface area is 83.7 Å². The number of ether oxygens (including phenoxy) is 1. The predicted octanol–water partition coefficient (Wildman–Crippen LogP) is 1.41. The van der Waals surface area contributed by atoms with Crippen LogP contribution in [0.5, 0.6) is 5.88 Å². The molecule has 2 rings (SSSR count). The summed E-state index contributed by atoms with van der Waals surface area (Å²) < 4.78 is 5.05. The van der Waals surface area contributed by atoms with Crippen LogP contribution in [0.25, 0.3) is 0 Å². The molecular formula is C11H15NO2. The molecule has 3 heteroatoms. The summed E-state index contributed by atoms with van der Waals surface area (Å²) in [5.41, 5.74) is 1.13. The summed E-state index contributed by atoms with van der Waals surface area (Å²) >= 11 is 0. The van der Waals surface area contributed by atoms with Gasteiger partial charge in [0, 0.05) is 18.4 Å². The third-order valence-corrected chi connectivity index (χ3v) is 2.84. The number of aliphatic hydroxyl groups is 1. The van der Waals surface area contributed by atoms with Crippen LogP contribution in [0.4, 0.5) is 0 Å². The lowest BCUT2D eigenvalue weighted by Gasteiger charge is -2.10. The maximum absolute atomic E-state index is 9.19. The van der Waals surface area contributed by atoms with E-state index in [0.29, 0.717) is 5.88 Å². The number of aromatic nitrogens is 1. The summed E-state index contributed by atoms with van der Waals surface area (Å²) in [6.45, 7) is 0.270. The lowest BCUT2D eigenvalue weighted by atomic mass is 10.0. The molecular weight excluding hydrogens is 178 g/mol. The molecule has 1 aromatic rings. The molecule has 1 aliphatic rings. The third-order valence-electron chi connectivity index (χ3n) is 2.84. The Hall–Kier alpha value is -1.09. The summed E-state index contributed by atoms with van der Waals surface area (Å²) in [4.78, 5) is 4.33. The van der Waals surface area contributed by atoms with Crippen molar-refractivity contribution in [3.63, 3.8) is 0 Å². The molecule has 0 aliphatic heterocycles. The molecule has 1 fully saturated rings. The monoisotopic (exact) mass is 193 g/mol. The molecule has 0 radical (unpaired) electrons. The second-order valence-electron chi connectivity index (χ2n) is 4.01. The topological polar surface area (TPSA) is 42.4 Å². The fourth-order valence-corrected chi connectivity index (χ4v) is 1.62. The van der Waals surface area contributed by atoms with Gasteiger partial charge in [-0.15, -0.1) is 0 Å². The molecule has 0 saturated heterocycles. The van der Waals surface area contributed by atoms with Crippen LogP contribution >= 0.6 is 0 Å². The van der Waals surface area contributed by atoms with Gasteiger partial charge in [-0.05, 0) is 30.7 Å². The second-order valence-corrected chi connectivity index (χ2v) is 4.01. The Kier molecular flexibility index (Phi) is 2.42. The smallest absolute Gasteiger partial charge is 0.213 e. The van der Waals surface area contributed by atoms with Gasteiger partial charge in [0.25, 0.3) is 0 Å². The van der Waals surface area contributed by atoms with Gasteiger partial charge < -0.3 is 9.84 Å². The fraction of sp³-hybridized carbons (Fsp3) is 0.545. The van der Waals surface area contributed by atoms with E-state index >= 15 is 0 Å². The Morgan fingerprint density at radius 1 is 1.50 bits per heavy atom. The number of hydrogen-bond acceptors (Lipinski definition) is 3. The maximum Gasteiger partial charge on any atom is 0.213 e. The molecule has 76 valence electrons. The van der Waals surface area contributed by atoms with E-state index in [1.807, 2.05) is 18.2 Å². The van der Waals surface area contributed by atoms with Gasteiger partial charge in [0.15, 0.2) is 0 Å². The lowest BCUT2D eigenvalue weighted by Crippen LogP contribution is -2.11. The van der Waals surface area contributed by atoms with E-state index in [9.17, 15) is 5.11 Å². The average molecular weight is 193 g/mol. The van der Waals surface area contributed by atoms with Gasteiger partial charge in [-0.3, -0.25) is 0 Å². The minimum atomic E-state index is 0.124. The van der Waals surface area contributed by atoms with E-state index in [4.69, 9.17) is 4.74 Å². The normalized spacial score (nSPS) is 17.9. The fourth-order valence-electron chi connectivity index (χ4n) is 1.62. The van der Waals surface area contributed by atoms with Crippen LogP contribution < -0.4 is 4.74 Å². The number of nitrogens with zero attached hydrogens (tertiary/aromatic N) is 1. The van der Waals surface area contributed by atoms with Crippen LogP contribution in [-0.4, -0.2) is 23.8 Å². The molecule has 1 saturated carbocycles. The third kappa shape index (κ3) is 1.87. The number of hydrogen-bond donors (Lipinski definition) is 1. The van der Waals surface area contributed by atoms with Crippen LogP contribution in [0.15, 0.2) is 18.2 Å². The molecule has 0 unspecified atom stereocenters. The van der Waals surface area contributed by atoms with Crippen molar-refractivity contribution in [3.8, 4) is 5.88 Å². The summed E-state index contributed by atoms with van der Waals surface area (Å²) in [5, 5.41) is 9.19. The minimum absolute atomic E-state index is 0.124. The van der Waals surface area contributed by atoms with E-state index in [0.717, 1.165) is 25.0 Å². The van der Waals surface area contributed by atoms with Gasteiger partial charge in [-0.25, -0.2) is 4.98 Å². The number of pyridine rings is 1. The second kappa shape index (κ2) is 3.58. The molecule has 14 heavy (non-hydrogen) atoms. The predicted molar refractivity (Wildman–Crippen MR) is 53.2 cm³/mol. The summed E-state index contributed by atoms with van der Waals surface area (Å²) in [5.74, 6) is 0.649. The highest BCUT2D eigenvalue weighted by atomic mass is 16.5. The summed E-state index contributed by atoms with van der Waals surface area (Å²) in [7, 11) is 1.62. The first-order valence-corrected chi connectivity index (χ1v) is 4.89. The van der Waals surface area contributed by atoms with Crippen molar-refractivity contribution < 1.29 is 9.84 Å². The SMILES string of the molecule is COc1cccc(CC2(CO)CC2)n1. The van der Waals surface area contributed by atoms with E-state index in [-0.39, 0.29) is 12.0 Å². The average Bonchev–Trinajstić information content (AvgIpc) is 2.99. The summed E-state index contributed by atoms with van der Waals surface area (Å²) in [6, 6.07) is 5.76. The van der Waals surface area contributed by atoms with Gasteiger partial charge in [0.1, 0.15) is 0 Å². The van der Waals surface area contributed by atoms with Crippen molar-refractivity contribution in [1.29, 1.82) is 0 Å².